The predicted molar refractivity (Wildman–Crippen MR) is 66.3 cm³/mol. The van der Waals surface area contributed by atoms with Crippen molar-refractivity contribution in [2.75, 3.05) is 6.54 Å². The van der Waals surface area contributed by atoms with Gasteiger partial charge in [-0.2, -0.15) is 22.7 Å². The first-order valence-electron chi connectivity index (χ1n) is 6.07. The van der Waals surface area contributed by atoms with Gasteiger partial charge in [0.15, 0.2) is 0 Å². The lowest BCUT2D eigenvalue weighted by atomic mass is 10.1. The third-order valence-corrected chi connectivity index (χ3v) is 4.84. The average Bonchev–Trinajstić information content (AvgIpc) is 2.26. The van der Waals surface area contributed by atoms with Gasteiger partial charge in [0.2, 0.25) is 0 Å². The molecule has 0 spiro atoms. The Bertz CT molecular complexity index is 386. The molecule has 0 aromatic rings. The average molecular weight is 259 g/mol. The van der Waals surface area contributed by atoms with Crippen LogP contribution < -0.4 is 4.72 Å². The molecule has 1 rings (SSSR count). The van der Waals surface area contributed by atoms with Crippen LogP contribution in [0.4, 0.5) is 0 Å². The summed E-state index contributed by atoms with van der Waals surface area (Å²) in [5, 5.41) is 8.93. The molecule has 1 fully saturated rings. The molecule has 0 aliphatic carbocycles. The highest BCUT2D eigenvalue weighted by Crippen LogP contribution is 2.19. The summed E-state index contributed by atoms with van der Waals surface area (Å²) >= 11 is 0. The molecule has 2 unspecified atom stereocenters. The van der Waals surface area contributed by atoms with Crippen LogP contribution >= 0.6 is 0 Å². The number of hydrogen-bond acceptors (Lipinski definition) is 3. The van der Waals surface area contributed by atoms with E-state index in [-0.39, 0.29) is 12.0 Å². The van der Waals surface area contributed by atoms with Crippen molar-refractivity contribution in [2.24, 2.45) is 5.92 Å². The van der Waals surface area contributed by atoms with Crippen LogP contribution in [0.15, 0.2) is 0 Å². The van der Waals surface area contributed by atoms with E-state index in [4.69, 9.17) is 5.26 Å². The van der Waals surface area contributed by atoms with E-state index >= 15 is 0 Å². The molecule has 1 aliphatic rings. The van der Waals surface area contributed by atoms with Crippen molar-refractivity contribution in [1.82, 2.24) is 9.03 Å². The van der Waals surface area contributed by atoms with Gasteiger partial charge >= 0.3 is 0 Å². The fourth-order valence-corrected chi connectivity index (χ4v) is 3.70. The molecule has 1 heterocycles. The van der Waals surface area contributed by atoms with E-state index in [0.29, 0.717) is 6.54 Å². The van der Waals surface area contributed by atoms with Gasteiger partial charge in [0.05, 0.1) is 6.07 Å². The Labute approximate surface area is 104 Å². The topological polar surface area (TPSA) is 73.2 Å². The van der Waals surface area contributed by atoms with E-state index in [2.05, 4.69) is 4.72 Å². The number of piperidine rings is 1. The van der Waals surface area contributed by atoms with Gasteiger partial charge < -0.3 is 0 Å². The molecule has 0 aromatic carbocycles. The van der Waals surface area contributed by atoms with Gasteiger partial charge in [-0.15, -0.1) is 0 Å². The minimum Gasteiger partial charge on any atom is -0.197 e. The van der Waals surface area contributed by atoms with Crippen LogP contribution in [0.3, 0.4) is 0 Å². The quantitative estimate of drug-likeness (QED) is 0.825. The summed E-state index contributed by atoms with van der Waals surface area (Å²) in [5.41, 5.74) is 0. The standard InChI is InChI=1S/C11H21N3O2S/c1-9(2)11(8-12)13-17(15,16)14-7-5-4-6-10(14)3/h9-11,13H,4-7H2,1-3H3. The number of rotatable bonds is 4. The van der Waals surface area contributed by atoms with Crippen molar-refractivity contribution in [2.45, 2.75) is 52.1 Å². The van der Waals surface area contributed by atoms with Gasteiger partial charge in [-0.25, -0.2) is 0 Å². The fraction of sp³-hybridized carbons (Fsp3) is 0.909. The van der Waals surface area contributed by atoms with Crippen LogP contribution in [0, 0.1) is 17.2 Å². The van der Waals surface area contributed by atoms with E-state index in [1.165, 1.54) is 4.31 Å². The van der Waals surface area contributed by atoms with Crippen LogP contribution in [-0.2, 0) is 10.2 Å². The monoisotopic (exact) mass is 259 g/mol. The first-order chi connectivity index (χ1) is 7.88. The molecule has 1 N–H and O–H groups in total. The number of nitriles is 1. The lowest BCUT2D eigenvalue weighted by Crippen LogP contribution is -2.51. The maximum absolute atomic E-state index is 12.1. The smallest absolute Gasteiger partial charge is 0.197 e. The molecule has 0 amide bonds. The summed E-state index contributed by atoms with van der Waals surface area (Å²) < 4.78 is 28.2. The lowest BCUT2D eigenvalue weighted by molar-refractivity contribution is 0.263. The number of nitrogens with zero attached hydrogens (tertiary/aromatic N) is 2. The zero-order chi connectivity index (χ0) is 13.1. The predicted octanol–water partition coefficient (Wildman–Crippen LogP) is 1.24. The van der Waals surface area contributed by atoms with E-state index in [9.17, 15) is 8.42 Å². The van der Waals surface area contributed by atoms with Gasteiger partial charge in [0, 0.05) is 12.6 Å². The number of hydrogen-bond donors (Lipinski definition) is 1. The van der Waals surface area contributed by atoms with Crippen molar-refractivity contribution in [3.05, 3.63) is 0 Å². The highest BCUT2D eigenvalue weighted by atomic mass is 32.2. The minimum absolute atomic E-state index is 0.0211. The Balaban J connectivity index is 2.77. The summed E-state index contributed by atoms with van der Waals surface area (Å²) in [4.78, 5) is 0. The second kappa shape index (κ2) is 5.80. The van der Waals surface area contributed by atoms with E-state index in [1.807, 2.05) is 26.8 Å². The van der Waals surface area contributed by atoms with Crippen LogP contribution in [0.5, 0.6) is 0 Å². The largest absolute Gasteiger partial charge is 0.280 e. The summed E-state index contributed by atoms with van der Waals surface area (Å²) in [5.74, 6) is -0.0325. The Morgan fingerprint density at radius 3 is 2.53 bits per heavy atom. The van der Waals surface area contributed by atoms with Crippen LogP contribution in [0.2, 0.25) is 0 Å². The zero-order valence-electron chi connectivity index (χ0n) is 10.7. The van der Waals surface area contributed by atoms with Gasteiger partial charge in [-0.1, -0.05) is 20.3 Å². The molecule has 98 valence electrons. The molecule has 1 aliphatic heterocycles. The molecule has 0 bridgehead atoms. The Morgan fingerprint density at radius 1 is 1.41 bits per heavy atom. The Kier molecular flexibility index (Phi) is 4.92. The normalized spacial score (nSPS) is 24.5. The highest BCUT2D eigenvalue weighted by Gasteiger charge is 2.31. The second-order valence-corrected chi connectivity index (χ2v) is 6.58. The van der Waals surface area contributed by atoms with Crippen molar-refractivity contribution in [3.8, 4) is 6.07 Å². The van der Waals surface area contributed by atoms with Gasteiger partial charge in [-0.3, -0.25) is 0 Å². The molecular weight excluding hydrogens is 238 g/mol. The van der Waals surface area contributed by atoms with Gasteiger partial charge in [0.1, 0.15) is 6.04 Å². The lowest BCUT2D eigenvalue weighted by Gasteiger charge is -2.33. The molecule has 0 saturated carbocycles. The van der Waals surface area contributed by atoms with Crippen LogP contribution in [0.1, 0.15) is 40.0 Å². The minimum atomic E-state index is -3.53. The van der Waals surface area contributed by atoms with E-state index < -0.39 is 16.3 Å². The van der Waals surface area contributed by atoms with Crippen molar-refractivity contribution < 1.29 is 8.42 Å². The Hall–Kier alpha value is -0.640. The SMILES string of the molecule is CC(C)C(C#N)NS(=O)(=O)N1CCCCC1C. The molecule has 0 aromatic heterocycles. The van der Waals surface area contributed by atoms with Crippen molar-refractivity contribution >= 4 is 10.2 Å². The third-order valence-electron chi connectivity index (χ3n) is 3.13. The maximum Gasteiger partial charge on any atom is 0.280 e. The molecule has 0 radical (unpaired) electrons. The second-order valence-electron chi connectivity index (χ2n) is 4.93. The molecule has 5 nitrogen and oxygen atoms in total. The number of nitrogens with one attached hydrogen (secondary N) is 1. The first kappa shape index (κ1) is 14.4. The molecule has 17 heavy (non-hydrogen) atoms. The van der Waals surface area contributed by atoms with Gasteiger partial charge in [0.25, 0.3) is 10.2 Å². The Morgan fingerprint density at radius 2 is 2.06 bits per heavy atom. The maximum atomic E-state index is 12.1. The van der Waals surface area contributed by atoms with E-state index in [1.54, 1.807) is 0 Å². The summed E-state index contributed by atoms with van der Waals surface area (Å²) in [6.45, 7) is 6.12. The van der Waals surface area contributed by atoms with E-state index in [0.717, 1.165) is 19.3 Å². The molecule has 6 heteroatoms. The molecule has 2 atom stereocenters. The first-order valence-corrected chi connectivity index (χ1v) is 7.51. The van der Waals surface area contributed by atoms with Crippen molar-refractivity contribution in [3.63, 3.8) is 0 Å². The summed E-state index contributed by atoms with van der Waals surface area (Å²) in [6, 6.07) is 1.36. The molecular formula is C11H21N3O2S. The summed E-state index contributed by atoms with van der Waals surface area (Å²) in [7, 11) is -3.53. The third kappa shape index (κ3) is 3.66. The molecule has 1 saturated heterocycles. The van der Waals surface area contributed by atoms with Crippen LogP contribution in [-0.4, -0.2) is 31.4 Å². The van der Waals surface area contributed by atoms with Crippen LogP contribution in [0.25, 0.3) is 0 Å². The van der Waals surface area contributed by atoms with Crippen molar-refractivity contribution in [1.29, 1.82) is 5.26 Å². The highest BCUT2D eigenvalue weighted by molar-refractivity contribution is 7.87. The summed E-state index contributed by atoms with van der Waals surface area (Å²) in [6.07, 6.45) is 2.85. The zero-order valence-corrected chi connectivity index (χ0v) is 11.5. The van der Waals surface area contributed by atoms with Gasteiger partial charge in [-0.05, 0) is 25.7 Å². The fourth-order valence-electron chi connectivity index (χ4n) is 1.97.